The molecule has 0 aromatic carbocycles. The largest absolute Gasteiger partial charge is 0.394 e. The van der Waals surface area contributed by atoms with E-state index < -0.39 is 0 Å². The van der Waals surface area contributed by atoms with Crippen molar-refractivity contribution in [2.75, 3.05) is 13.2 Å². The van der Waals surface area contributed by atoms with Crippen molar-refractivity contribution in [2.24, 2.45) is 0 Å². The standard InChI is InChI=1S/C2H6O2.Ar/c3-1-2-4;/h3-4H,1-2H2;. The molecule has 0 bridgehead atoms. The van der Waals surface area contributed by atoms with E-state index in [1.807, 2.05) is 0 Å². The third-order valence-electron chi connectivity index (χ3n) is 0.1000. The molecule has 0 atom stereocenters. The smallest absolute Gasteiger partial charge is 0.0662 e. The van der Waals surface area contributed by atoms with Crippen LogP contribution >= 0.6 is 0 Å². The summed E-state index contributed by atoms with van der Waals surface area (Å²) in [6, 6.07) is 0. The zero-order chi connectivity index (χ0) is 3.41. The summed E-state index contributed by atoms with van der Waals surface area (Å²) in [5, 5.41) is 15.2. The summed E-state index contributed by atoms with van der Waals surface area (Å²) in [7, 11) is 0. The normalized spacial score (nSPS) is 6.00. The Hall–Kier alpha value is 1.18. The molecule has 0 rings (SSSR count). The summed E-state index contributed by atoms with van der Waals surface area (Å²) in [6.07, 6.45) is 0. The van der Waals surface area contributed by atoms with E-state index in [1.165, 1.54) is 0 Å². The van der Waals surface area contributed by atoms with Gasteiger partial charge in [-0.1, -0.05) is 0 Å². The van der Waals surface area contributed by atoms with Crippen molar-refractivity contribution in [3.8, 4) is 0 Å². The van der Waals surface area contributed by atoms with Gasteiger partial charge in [0.25, 0.3) is 0 Å². The summed E-state index contributed by atoms with van der Waals surface area (Å²) in [5.74, 6) is 0. The molecule has 2 N–H and O–H groups in total. The van der Waals surface area contributed by atoms with Crippen LogP contribution in [-0.4, -0.2) is 23.4 Å². The van der Waals surface area contributed by atoms with E-state index in [1.54, 1.807) is 0 Å². The summed E-state index contributed by atoms with van der Waals surface area (Å²) in [4.78, 5) is 0. The maximum Gasteiger partial charge on any atom is 0.0662 e. The average molecular weight is 102 g/mol. The van der Waals surface area contributed by atoms with Crippen LogP contribution in [0.5, 0.6) is 0 Å². The fraction of sp³-hybridized carbons (Fsp3) is 1.00. The van der Waals surface area contributed by atoms with Gasteiger partial charge in [0.1, 0.15) is 0 Å². The maximum atomic E-state index is 7.62. The SMILES string of the molecule is OCCO.[Ar]. The van der Waals surface area contributed by atoms with Gasteiger partial charge in [-0.05, 0) is 0 Å². The summed E-state index contributed by atoms with van der Waals surface area (Å²) >= 11 is 0. The number of rotatable bonds is 1. The predicted molar refractivity (Wildman–Crippen MR) is 14.2 cm³/mol. The van der Waals surface area contributed by atoms with E-state index in [0.717, 1.165) is 0 Å². The Bertz CT molecular complexity index is 9.61. The third kappa shape index (κ3) is 11.0. The molecule has 0 heterocycles. The molecule has 0 saturated heterocycles. The molecule has 0 aromatic heterocycles. The van der Waals surface area contributed by atoms with E-state index >= 15 is 0 Å². The van der Waals surface area contributed by atoms with Crippen molar-refractivity contribution in [1.29, 1.82) is 0 Å². The Balaban J connectivity index is 0. The number of aliphatic hydroxyl groups is 2. The molecule has 2 nitrogen and oxygen atoms in total. The van der Waals surface area contributed by atoms with Gasteiger partial charge in [-0.25, -0.2) is 0 Å². The first-order valence-corrected chi connectivity index (χ1v) is 1.13. The van der Waals surface area contributed by atoms with Crippen LogP contribution in [0, 0.1) is 37.7 Å². The Labute approximate surface area is 60.8 Å². The van der Waals surface area contributed by atoms with E-state index in [9.17, 15) is 0 Å². The monoisotopic (exact) mass is 102 g/mol. The molecule has 5 heavy (non-hydrogen) atoms. The maximum absolute atomic E-state index is 7.62. The molecule has 0 aliphatic rings. The van der Waals surface area contributed by atoms with Crippen molar-refractivity contribution in [3.05, 3.63) is 0 Å². The van der Waals surface area contributed by atoms with Crippen LogP contribution in [-0.2, 0) is 0 Å². The van der Waals surface area contributed by atoms with E-state index in [4.69, 9.17) is 10.2 Å². The molecule has 0 aliphatic heterocycles. The van der Waals surface area contributed by atoms with Crippen LogP contribution in [0.3, 0.4) is 0 Å². The fourth-order valence-electron chi connectivity index (χ4n) is 0. The molecular formula is C2H6ArO2. The van der Waals surface area contributed by atoms with Gasteiger partial charge in [-0.3, -0.25) is 0 Å². The van der Waals surface area contributed by atoms with Crippen LogP contribution in [0.4, 0.5) is 0 Å². The van der Waals surface area contributed by atoms with Gasteiger partial charge in [0.05, 0.1) is 13.2 Å². The molecule has 0 saturated carbocycles. The zero-order valence-corrected chi connectivity index (χ0v) is 3.37. The van der Waals surface area contributed by atoms with E-state index in [2.05, 4.69) is 0 Å². The summed E-state index contributed by atoms with van der Waals surface area (Å²) in [5.41, 5.74) is 0. The Morgan fingerprint density at radius 2 is 1.20 bits per heavy atom. The van der Waals surface area contributed by atoms with Gasteiger partial charge >= 0.3 is 0 Å². The van der Waals surface area contributed by atoms with E-state index in [-0.39, 0.29) is 51.0 Å². The minimum Gasteiger partial charge on any atom is -0.394 e. The second-order valence-corrected chi connectivity index (χ2v) is 0.447. The first-order chi connectivity index (χ1) is 1.91. The van der Waals surface area contributed by atoms with Gasteiger partial charge in [-0.15, -0.1) is 0 Å². The second kappa shape index (κ2) is 8.95. The number of hydrogen-bond donors (Lipinski definition) is 2. The Kier molecular flexibility index (Phi) is 17.0. The molecule has 0 aliphatic carbocycles. The molecule has 0 unspecified atom stereocenters. The van der Waals surface area contributed by atoms with Crippen LogP contribution in [0.25, 0.3) is 0 Å². The Morgan fingerprint density at radius 1 is 1.00 bits per heavy atom. The van der Waals surface area contributed by atoms with Crippen molar-refractivity contribution in [3.63, 3.8) is 0 Å². The fourth-order valence-corrected chi connectivity index (χ4v) is 0. The van der Waals surface area contributed by atoms with Crippen LogP contribution < -0.4 is 0 Å². The predicted octanol–water partition coefficient (Wildman–Crippen LogP) is -1.03. The molecule has 0 spiro atoms. The molecule has 0 aromatic rings. The Morgan fingerprint density at radius 3 is 1.20 bits per heavy atom. The molecule has 0 radical (unpaired) electrons. The third-order valence-corrected chi connectivity index (χ3v) is 0.1000. The molecule has 0 fully saturated rings. The topological polar surface area (TPSA) is 40.5 Å². The van der Waals surface area contributed by atoms with Crippen molar-refractivity contribution < 1.29 is 48.0 Å². The van der Waals surface area contributed by atoms with Gasteiger partial charge in [0.2, 0.25) is 0 Å². The second-order valence-electron chi connectivity index (χ2n) is 0.447. The zero-order valence-electron chi connectivity index (χ0n) is 2.66. The molecule has 0 amide bonds. The minimum atomic E-state index is -0.125. The van der Waals surface area contributed by atoms with Crippen LogP contribution in [0.15, 0.2) is 0 Å². The van der Waals surface area contributed by atoms with Crippen LogP contribution in [0.1, 0.15) is 0 Å². The average Bonchev–Trinajstić information content (AvgIpc) is 1.37. The van der Waals surface area contributed by atoms with Crippen molar-refractivity contribution >= 4 is 0 Å². The molecular weight excluding hydrogens is 96.0 g/mol. The molecule has 34 valence electrons. The van der Waals surface area contributed by atoms with Crippen molar-refractivity contribution in [1.82, 2.24) is 0 Å². The summed E-state index contributed by atoms with van der Waals surface area (Å²) < 4.78 is 0. The van der Waals surface area contributed by atoms with Gasteiger partial charge in [0.15, 0.2) is 0 Å². The quantitative estimate of drug-likeness (QED) is 0.444. The minimum absolute atomic E-state index is 0. The number of aliphatic hydroxyl groups excluding tert-OH is 2. The number of hydrogen-bond acceptors (Lipinski definition) is 2. The van der Waals surface area contributed by atoms with E-state index in [0.29, 0.717) is 0 Å². The first kappa shape index (κ1) is 9.49. The molecule has 3 heteroatoms. The van der Waals surface area contributed by atoms with Gasteiger partial charge in [-0.2, -0.15) is 0 Å². The van der Waals surface area contributed by atoms with Crippen LogP contribution in [0.2, 0.25) is 0 Å². The first-order valence-electron chi connectivity index (χ1n) is 1.13. The van der Waals surface area contributed by atoms with Crippen molar-refractivity contribution in [2.45, 2.75) is 0 Å². The van der Waals surface area contributed by atoms with Gasteiger partial charge < -0.3 is 10.2 Å². The summed E-state index contributed by atoms with van der Waals surface area (Å²) in [6.45, 7) is -0.250. The van der Waals surface area contributed by atoms with Gasteiger partial charge in [0, 0.05) is 37.7 Å².